The molecule has 2 unspecified atom stereocenters. The van der Waals surface area contributed by atoms with Gasteiger partial charge in [-0.15, -0.1) is 0 Å². The average molecular weight is 974 g/mol. The van der Waals surface area contributed by atoms with Gasteiger partial charge in [0.2, 0.25) is 0 Å². The van der Waals surface area contributed by atoms with Crippen LogP contribution in [0, 0.1) is 0 Å². The Balaban J connectivity index is 3.76. The predicted molar refractivity (Wildman–Crippen MR) is 285 cm³/mol. The molecule has 0 aliphatic rings. The molecular weight excluding hydrogens is 858 g/mol. The quantitative estimate of drug-likeness (QED) is 0.0278. The van der Waals surface area contributed by atoms with E-state index in [-0.39, 0.29) is 25.6 Å². The average Bonchev–Trinajstić information content (AvgIpc) is 3.29. The second kappa shape index (κ2) is 50.0. The van der Waals surface area contributed by atoms with Crippen LogP contribution in [-0.4, -0.2) is 74.9 Å². The first-order valence-electron chi connectivity index (χ1n) is 29.3. The summed E-state index contributed by atoms with van der Waals surface area (Å²) in [6, 6.07) is 0. The van der Waals surface area contributed by atoms with Gasteiger partial charge in [-0.3, -0.25) is 18.6 Å². The summed E-state index contributed by atoms with van der Waals surface area (Å²) in [7, 11) is 1.50. The maximum absolute atomic E-state index is 12.7. The lowest BCUT2D eigenvalue weighted by atomic mass is 10.0. The van der Waals surface area contributed by atoms with E-state index in [0.717, 1.165) is 38.5 Å². The van der Waals surface area contributed by atoms with Gasteiger partial charge in [0.05, 0.1) is 27.7 Å². The van der Waals surface area contributed by atoms with Crippen LogP contribution in [0.2, 0.25) is 0 Å². The van der Waals surface area contributed by atoms with Crippen molar-refractivity contribution in [1.29, 1.82) is 0 Å². The SMILES string of the molecule is CCCCCCCCCCCCCCCCCCCCCCCCCCCCCCCCCCCCCCC(=O)OC(COC(=O)CCCCCCCCC)COP(=O)(O)OCC[N+](C)(C)C. The van der Waals surface area contributed by atoms with Crippen molar-refractivity contribution in [2.24, 2.45) is 0 Å². The minimum atomic E-state index is -4.37. The number of esters is 2. The monoisotopic (exact) mass is 973 g/mol. The molecule has 0 spiro atoms. The number of carbonyl (C=O) groups is 2. The lowest BCUT2D eigenvalue weighted by molar-refractivity contribution is -0.870. The Labute approximate surface area is 416 Å². The lowest BCUT2D eigenvalue weighted by Gasteiger charge is -2.24. The molecule has 0 aromatic carbocycles. The highest BCUT2D eigenvalue weighted by Gasteiger charge is 2.27. The number of phosphoric acid groups is 1. The standard InChI is InChI=1S/C57H114NO8P/c1-6-8-10-12-14-15-16-17-18-19-20-21-22-23-24-25-26-27-28-29-30-31-32-33-34-35-36-37-38-39-40-41-42-44-46-48-50-57(60)66-55(54-65-67(61,62)64-52-51-58(3,4)5)53-63-56(59)49-47-45-43-13-11-9-7-2/h55H,6-54H2,1-5H3/p+1. The molecule has 0 fully saturated rings. The Morgan fingerprint density at radius 1 is 0.403 bits per heavy atom. The zero-order valence-corrected chi connectivity index (χ0v) is 46.3. The van der Waals surface area contributed by atoms with Gasteiger partial charge in [0.15, 0.2) is 6.10 Å². The third kappa shape index (κ3) is 54.2. The van der Waals surface area contributed by atoms with Gasteiger partial charge in [0, 0.05) is 12.8 Å². The van der Waals surface area contributed by atoms with Gasteiger partial charge in [0.25, 0.3) is 0 Å². The summed E-state index contributed by atoms with van der Waals surface area (Å²) in [5.74, 6) is -0.788. The zero-order valence-electron chi connectivity index (χ0n) is 45.4. The van der Waals surface area contributed by atoms with Crippen LogP contribution in [0.1, 0.15) is 303 Å². The highest BCUT2D eigenvalue weighted by molar-refractivity contribution is 7.47. The van der Waals surface area contributed by atoms with E-state index in [1.54, 1.807) is 0 Å². The molecule has 0 rings (SSSR count). The second-order valence-corrected chi connectivity index (χ2v) is 22.9. The topological polar surface area (TPSA) is 108 Å². The maximum atomic E-state index is 12.7. The summed E-state index contributed by atoms with van der Waals surface area (Å²) in [4.78, 5) is 35.3. The molecule has 400 valence electrons. The van der Waals surface area contributed by atoms with E-state index in [4.69, 9.17) is 18.5 Å². The van der Waals surface area contributed by atoms with E-state index in [9.17, 15) is 19.0 Å². The molecule has 0 heterocycles. The number of phosphoric ester groups is 1. The Kier molecular flexibility index (Phi) is 49.2. The summed E-state index contributed by atoms with van der Waals surface area (Å²) in [5.41, 5.74) is 0. The number of hydrogen-bond donors (Lipinski definition) is 1. The zero-order chi connectivity index (χ0) is 49.2. The molecule has 2 atom stereocenters. The fourth-order valence-corrected chi connectivity index (χ4v) is 9.58. The number of nitrogens with zero attached hydrogens (tertiary/aromatic N) is 1. The molecule has 9 nitrogen and oxygen atoms in total. The minimum Gasteiger partial charge on any atom is -0.462 e. The van der Waals surface area contributed by atoms with E-state index < -0.39 is 26.5 Å². The maximum Gasteiger partial charge on any atom is 0.472 e. The Bertz CT molecular complexity index is 1100. The van der Waals surface area contributed by atoms with E-state index in [1.807, 2.05) is 21.1 Å². The molecule has 10 heteroatoms. The van der Waals surface area contributed by atoms with E-state index in [1.165, 1.54) is 238 Å². The smallest absolute Gasteiger partial charge is 0.462 e. The van der Waals surface area contributed by atoms with Crippen LogP contribution in [-0.2, 0) is 32.7 Å². The van der Waals surface area contributed by atoms with Crippen molar-refractivity contribution in [3.05, 3.63) is 0 Å². The number of likely N-dealkylation sites (N-methyl/N-ethyl adjacent to an activating group) is 1. The molecule has 0 aromatic rings. The normalized spacial score (nSPS) is 13.2. The summed E-state index contributed by atoms with van der Waals surface area (Å²) >= 11 is 0. The van der Waals surface area contributed by atoms with Gasteiger partial charge in [-0.2, -0.15) is 0 Å². The Morgan fingerprint density at radius 3 is 0.955 bits per heavy atom. The molecule has 0 saturated carbocycles. The second-order valence-electron chi connectivity index (χ2n) is 21.4. The molecule has 0 aromatic heterocycles. The van der Waals surface area contributed by atoms with Crippen molar-refractivity contribution in [3.8, 4) is 0 Å². The summed E-state index contributed by atoms with van der Waals surface area (Å²) < 4.78 is 34.3. The van der Waals surface area contributed by atoms with Crippen LogP contribution in [0.4, 0.5) is 0 Å². The van der Waals surface area contributed by atoms with Crippen molar-refractivity contribution in [1.82, 2.24) is 0 Å². The molecule has 0 amide bonds. The first-order chi connectivity index (χ1) is 32.5. The molecule has 0 radical (unpaired) electrons. The summed E-state index contributed by atoms with van der Waals surface area (Å²) in [5, 5.41) is 0. The molecular formula is C57H115NO8P+. The highest BCUT2D eigenvalue weighted by atomic mass is 31.2. The third-order valence-corrected chi connectivity index (χ3v) is 14.4. The largest absolute Gasteiger partial charge is 0.472 e. The number of ether oxygens (including phenoxy) is 2. The number of rotatable bonds is 55. The van der Waals surface area contributed by atoms with Crippen LogP contribution in [0.15, 0.2) is 0 Å². The van der Waals surface area contributed by atoms with Gasteiger partial charge in [-0.05, 0) is 12.8 Å². The van der Waals surface area contributed by atoms with Crippen molar-refractivity contribution in [2.75, 3.05) is 47.5 Å². The highest BCUT2D eigenvalue weighted by Crippen LogP contribution is 2.43. The van der Waals surface area contributed by atoms with Gasteiger partial charge < -0.3 is 18.9 Å². The van der Waals surface area contributed by atoms with Crippen molar-refractivity contribution in [2.45, 2.75) is 309 Å². The van der Waals surface area contributed by atoms with Crippen molar-refractivity contribution < 1.29 is 42.1 Å². The van der Waals surface area contributed by atoms with Crippen LogP contribution in [0.3, 0.4) is 0 Å². The fraction of sp³-hybridized carbons (Fsp3) is 0.965. The predicted octanol–water partition coefficient (Wildman–Crippen LogP) is 17.9. The number of quaternary nitrogens is 1. The van der Waals surface area contributed by atoms with E-state index >= 15 is 0 Å². The number of carbonyl (C=O) groups excluding carboxylic acids is 2. The lowest BCUT2D eigenvalue weighted by Crippen LogP contribution is -2.37. The van der Waals surface area contributed by atoms with Crippen LogP contribution in [0.5, 0.6) is 0 Å². The number of hydrogen-bond acceptors (Lipinski definition) is 7. The van der Waals surface area contributed by atoms with Crippen molar-refractivity contribution in [3.63, 3.8) is 0 Å². The molecule has 1 N–H and O–H groups in total. The summed E-state index contributed by atoms with van der Waals surface area (Å²) in [6.07, 6.45) is 56.7. The first kappa shape index (κ1) is 66.0. The number of unbranched alkanes of at least 4 members (excludes halogenated alkanes) is 41. The van der Waals surface area contributed by atoms with Gasteiger partial charge in [-0.25, -0.2) is 4.57 Å². The molecule has 0 aliphatic heterocycles. The van der Waals surface area contributed by atoms with Crippen LogP contribution < -0.4 is 0 Å². The molecule has 67 heavy (non-hydrogen) atoms. The molecule has 0 saturated heterocycles. The summed E-state index contributed by atoms with van der Waals surface area (Å²) in [6.45, 7) is 4.43. The first-order valence-corrected chi connectivity index (χ1v) is 30.8. The Morgan fingerprint density at radius 2 is 0.672 bits per heavy atom. The van der Waals surface area contributed by atoms with Crippen LogP contribution >= 0.6 is 7.82 Å². The fourth-order valence-electron chi connectivity index (χ4n) is 8.84. The van der Waals surface area contributed by atoms with Gasteiger partial charge in [-0.1, -0.05) is 277 Å². The van der Waals surface area contributed by atoms with Gasteiger partial charge >= 0.3 is 19.8 Å². The third-order valence-electron chi connectivity index (χ3n) is 13.4. The van der Waals surface area contributed by atoms with Crippen molar-refractivity contribution >= 4 is 19.8 Å². The molecule has 0 aliphatic carbocycles. The van der Waals surface area contributed by atoms with E-state index in [0.29, 0.717) is 17.4 Å². The van der Waals surface area contributed by atoms with Gasteiger partial charge in [0.1, 0.15) is 19.8 Å². The van der Waals surface area contributed by atoms with E-state index in [2.05, 4.69) is 13.8 Å². The van der Waals surface area contributed by atoms with Crippen LogP contribution in [0.25, 0.3) is 0 Å². The Hall–Kier alpha value is -0.990. The molecule has 0 bridgehead atoms. The minimum absolute atomic E-state index is 0.0366.